The second-order valence-electron chi connectivity index (χ2n) is 5.10. The molecule has 0 aromatic heterocycles. The van der Waals surface area contributed by atoms with Gasteiger partial charge in [-0.3, -0.25) is 0 Å². The zero-order valence-corrected chi connectivity index (χ0v) is 10.7. The molecule has 1 unspecified atom stereocenters. The zero-order valence-electron chi connectivity index (χ0n) is 9.91. The highest BCUT2D eigenvalue weighted by molar-refractivity contribution is 7.91. The van der Waals surface area contributed by atoms with Gasteiger partial charge < -0.3 is 10.6 Å². The Labute approximate surface area is 98.1 Å². The van der Waals surface area contributed by atoms with Gasteiger partial charge in [0.1, 0.15) is 0 Å². The predicted octanol–water partition coefficient (Wildman–Crippen LogP) is 0.294. The monoisotopic (exact) mass is 246 g/mol. The molecule has 1 aliphatic heterocycles. The lowest BCUT2D eigenvalue weighted by Crippen LogP contribution is -2.43. The van der Waals surface area contributed by atoms with E-state index in [1.54, 1.807) is 0 Å². The zero-order chi connectivity index (χ0) is 11.6. The maximum Gasteiger partial charge on any atom is 0.151 e. The normalized spacial score (nSPS) is 38.7. The van der Waals surface area contributed by atoms with E-state index >= 15 is 0 Å². The summed E-state index contributed by atoms with van der Waals surface area (Å²) in [7, 11) is -0.721. The van der Waals surface area contributed by atoms with Crippen molar-refractivity contribution in [3.63, 3.8) is 0 Å². The number of nitrogens with one attached hydrogen (secondary N) is 2. The predicted molar refractivity (Wildman–Crippen MR) is 65.3 cm³/mol. The molecule has 0 aromatic carbocycles. The summed E-state index contributed by atoms with van der Waals surface area (Å²) < 4.78 is 22.7. The van der Waals surface area contributed by atoms with Gasteiger partial charge in [-0.2, -0.15) is 0 Å². The third-order valence-corrected chi connectivity index (χ3v) is 5.61. The van der Waals surface area contributed by atoms with Crippen molar-refractivity contribution in [3.05, 3.63) is 0 Å². The first-order chi connectivity index (χ1) is 7.59. The standard InChI is InChI=1S/C11H22N2O2S/c1-12-9-2-4-10(5-3-9)13-11-6-7-16(14,15)8-11/h9-13H,2-8H2,1H3. The van der Waals surface area contributed by atoms with Crippen LogP contribution in [0.5, 0.6) is 0 Å². The van der Waals surface area contributed by atoms with Crippen LogP contribution in [-0.4, -0.2) is 45.1 Å². The highest BCUT2D eigenvalue weighted by atomic mass is 32.2. The Morgan fingerprint density at radius 3 is 2.06 bits per heavy atom. The van der Waals surface area contributed by atoms with Crippen molar-refractivity contribution in [1.29, 1.82) is 0 Å². The fourth-order valence-electron chi connectivity index (χ4n) is 2.81. The van der Waals surface area contributed by atoms with Gasteiger partial charge in [0, 0.05) is 18.1 Å². The molecule has 0 spiro atoms. The van der Waals surface area contributed by atoms with E-state index in [2.05, 4.69) is 10.6 Å². The third kappa shape index (κ3) is 3.18. The van der Waals surface area contributed by atoms with E-state index in [4.69, 9.17) is 0 Å². The van der Waals surface area contributed by atoms with Gasteiger partial charge in [0.2, 0.25) is 0 Å². The van der Waals surface area contributed by atoms with Crippen LogP contribution < -0.4 is 10.6 Å². The molecular formula is C11H22N2O2S. The Hall–Kier alpha value is -0.130. The summed E-state index contributed by atoms with van der Waals surface area (Å²) in [6, 6.07) is 1.40. The molecule has 16 heavy (non-hydrogen) atoms. The molecule has 1 atom stereocenters. The Bertz CT molecular complexity index is 321. The summed E-state index contributed by atoms with van der Waals surface area (Å²) in [5.41, 5.74) is 0. The fourth-order valence-corrected chi connectivity index (χ4v) is 4.49. The molecule has 0 amide bonds. The van der Waals surface area contributed by atoms with E-state index in [0.717, 1.165) is 6.42 Å². The average Bonchev–Trinajstić information content (AvgIpc) is 2.59. The molecule has 2 aliphatic rings. The van der Waals surface area contributed by atoms with Crippen molar-refractivity contribution in [1.82, 2.24) is 10.6 Å². The summed E-state index contributed by atoms with van der Waals surface area (Å²) in [6.07, 6.45) is 5.54. The van der Waals surface area contributed by atoms with Crippen LogP contribution in [0.25, 0.3) is 0 Å². The minimum Gasteiger partial charge on any atom is -0.317 e. The topological polar surface area (TPSA) is 58.2 Å². The molecule has 0 aromatic rings. The van der Waals surface area contributed by atoms with Crippen molar-refractivity contribution >= 4 is 9.84 Å². The van der Waals surface area contributed by atoms with Gasteiger partial charge in [-0.05, 0) is 39.2 Å². The van der Waals surface area contributed by atoms with E-state index in [1.165, 1.54) is 25.7 Å². The molecule has 1 saturated heterocycles. The number of rotatable bonds is 3. The molecule has 2 N–H and O–H groups in total. The lowest BCUT2D eigenvalue weighted by atomic mass is 9.91. The lowest BCUT2D eigenvalue weighted by Gasteiger charge is -2.30. The quantitative estimate of drug-likeness (QED) is 0.752. The maximum absolute atomic E-state index is 11.3. The molecule has 1 saturated carbocycles. The minimum atomic E-state index is -2.74. The highest BCUT2D eigenvalue weighted by Crippen LogP contribution is 2.20. The van der Waals surface area contributed by atoms with Gasteiger partial charge in [-0.15, -0.1) is 0 Å². The van der Waals surface area contributed by atoms with Gasteiger partial charge in [0.25, 0.3) is 0 Å². The second kappa shape index (κ2) is 5.02. The van der Waals surface area contributed by atoms with E-state index < -0.39 is 9.84 Å². The van der Waals surface area contributed by atoms with E-state index in [-0.39, 0.29) is 6.04 Å². The van der Waals surface area contributed by atoms with E-state index in [1.807, 2.05) is 7.05 Å². The summed E-state index contributed by atoms with van der Waals surface area (Å²) in [5, 5.41) is 6.82. The smallest absolute Gasteiger partial charge is 0.151 e. The Morgan fingerprint density at radius 1 is 0.938 bits per heavy atom. The molecule has 1 aliphatic carbocycles. The number of hydrogen-bond donors (Lipinski definition) is 2. The molecule has 94 valence electrons. The van der Waals surface area contributed by atoms with Crippen LogP contribution in [0.4, 0.5) is 0 Å². The van der Waals surface area contributed by atoms with Crippen LogP contribution in [0.1, 0.15) is 32.1 Å². The molecule has 0 bridgehead atoms. The van der Waals surface area contributed by atoms with E-state index in [9.17, 15) is 8.42 Å². The minimum absolute atomic E-state index is 0.209. The van der Waals surface area contributed by atoms with Gasteiger partial charge in [-0.1, -0.05) is 0 Å². The molecule has 2 rings (SSSR count). The van der Waals surface area contributed by atoms with Gasteiger partial charge >= 0.3 is 0 Å². The van der Waals surface area contributed by atoms with Crippen molar-refractivity contribution in [2.45, 2.75) is 50.2 Å². The fraction of sp³-hybridized carbons (Fsp3) is 1.00. The molecule has 2 fully saturated rings. The van der Waals surface area contributed by atoms with E-state index in [0.29, 0.717) is 23.6 Å². The second-order valence-corrected chi connectivity index (χ2v) is 7.33. The molecule has 1 heterocycles. The Morgan fingerprint density at radius 2 is 1.56 bits per heavy atom. The summed E-state index contributed by atoms with van der Waals surface area (Å²) in [6.45, 7) is 0. The van der Waals surface area contributed by atoms with Crippen molar-refractivity contribution in [3.8, 4) is 0 Å². The molecule has 4 nitrogen and oxygen atoms in total. The highest BCUT2D eigenvalue weighted by Gasteiger charge is 2.30. The van der Waals surface area contributed by atoms with Crippen molar-refractivity contribution in [2.75, 3.05) is 18.6 Å². The average molecular weight is 246 g/mol. The maximum atomic E-state index is 11.3. The first-order valence-corrected chi connectivity index (χ1v) is 8.05. The largest absolute Gasteiger partial charge is 0.317 e. The molecule has 5 heteroatoms. The number of sulfone groups is 1. The summed E-state index contributed by atoms with van der Waals surface area (Å²) in [5.74, 6) is 0.718. The van der Waals surface area contributed by atoms with Crippen molar-refractivity contribution in [2.24, 2.45) is 0 Å². The first-order valence-electron chi connectivity index (χ1n) is 6.23. The Balaban J connectivity index is 1.75. The van der Waals surface area contributed by atoms with Crippen LogP contribution in [-0.2, 0) is 9.84 Å². The van der Waals surface area contributed by atoms with Crippen LogP contribution >= 0.6 is 0 Å². The van der Waals surface area contributed by atoms with Gasteiger partial charge in [-0.25, -0.2) is 8.42 Å². The summed E-state index contributed by atoms with van der Waals surface area (Å²) in [4.78, 5) is 0. The van der Waals surface area contributed by atoms with Crippen molar-refractivity contribution < 1.29 is 8.42 Å². The first kappa shape index (κ1) is 12.3. The lowest BCUT2D eigenvalue weighted by molar-refractivity contribution is 0.301. The van der Waals surface area contributed by atoms with Crippen LogP contribution in [0.3, 0.4) is 0 Å². The SMILES string of the molecule is CNC1CCC(NC2CCS(=O)(=O)C2)CC1. The van der Waals surface area contributed by atoms with Crippen LogP contribution in [0.2, 0.25) is 0 Å². The third-order valence-electron chi connectivity index (χ3n) is 3.84. The molecular weight excluding hydrogens is 224 g/mol. The number of hydrogen-bond acceptors (Lipinski definition) is 4. The summed E-state index contributed by atoms with van der Waals surface area (Å²) >= 11 is 0. The molecule has 0 radical (unpaired) electrons. The Kier molecular flexibility index (Phi) is 3.87. The van der Waals surface area contributed by atoms with Gasteiger partial charge in [0.05, 0.1) is 11.5 Å². The van der Waals surface area contributed by atoms with Crippen LogP contribution in [0, 0.1) is 0 Å². The van der Waals surface area contributed by atoms with Crippen LogP contribution in [0.15, 0.2) is 0 Å². The van der Waals surface area contributed by atoms with Gasteiger partial charge in [0.15, 0.2) is 9.84 Å².